The number of ether oxygens (including phenoxy) is 3. The number of amides is 2. The first kappa shape index (κ1) is 22.2. The number of anilines is 1. The first-order chi connectivity index (χ1) is 14.7. The van der Waals surface area contributed by atoms with Gasteiger partial charge in [-0.25, -0.2) is 0 Å². The van der Waals surface area contributed by atoms with Crippen molar-refractivity contribution in [3.8, 4) is 0 Å². The van der Waals surface area contributed by atoms with E-state index in [4.69, 9.17) is 14.2 Å². The van der Waals surface area contributed by atoms with E-state index in [1.807, 2.05) is 0 Å². The lowest BCUT2D eigenvalue weighted by molar-refractivity contribution is -0.149. The second-order valence-corrected chi connectivity index (χ2v) is 7.44. The van der Waals surface area contributed by atoms with Crippen molar-refractivity contribution in [2.24, 2.45) is 23.7 Å². The van der Waals surface area contributed by atoms with E-state index in [1.165, 1.54) is 26.8 Å². The summed E-state index contributed by atoms with van der Waals surface area (Å²) in [5, 5.41) is 0. The van der Waals surface area contributed by atoms with E-state index in [2.05, 4.69) is 0 Å². The van der Waals surface area contributed by atoms with Crippen LogP contribution in [-0.4, -0.2) is 42.9 Å². The van der Waals surface area contributed by atoms with Crippen LogP contribution in [0.3, 0.4) is 0 Å². The van der Waals surface area contributed by atoms with Crippen molar-refractivity contribution in [3.63, 3.8) is 0 Å². The minimum absolute atomic E-state index is 0.114. The lowest BCUT2D eigenvalue weighted by atomic mass is 9.71. The van der Waals surface area contributed by atoms with Crippen LogP contribution in [0.4, 0.5) is 5.69 Å². The molecule has 0 spiro atoms. The number of carbonyl (C=O) groups is 5. The van der Waals surface area contributed by atoms with Crippen molar-refractivity contribution in [1.82, 2.24) is 0 Å². The molecule has 0 bridgehead atoms. The number of hydrogen-bond acceptors (Lipinski definition) is 8. The van der Waals surface area contributed by atoms with E-state index in [0.717, 1.165) is 4.90 Å². The van der Waals surface area contributed by atoms with E-state index in [1.54, 1.807) is 30.3 Å². The first-order valence-electron chi connectivity index (χ1n) is 9.80. The lowest BCUT2D eigenvalue weighted by Crippen LogP contribution is -2.41. The third kappa shape index (κ3) is 4.65. The topological polar surface area (TPSA) is 116 Å². The number of carbonyl (C=O) groups excluding carboxylic acids is 5. The molecule has 1 aliphatic carbocycles. The monoisotopic (exact) mass is 429 g/mol. The van der Waals surface area contributed by atoms with Crippen LogP contribution < -0.4 is 4.90 Å². The fourth-order valence-electron chi connectivity index (χ4n) is 4.07. The summed E-state index contributed by atoms with van der Waals surface area (Å²) in [6, 6.07) is 8.43. The molecule has 1 aliphatic heterocycles. The predicted molar refractivity (Wildman–Crippen MR) is 106 cm³/mol. The number of imide groups is 1. The van der Waals surface area contributed by atoms with Gasteiger partial charge in [0.15, 0.2) is 0 Å². The van der Waals surface area contributed by atoms with Gasteiger partial charge in [0.2, 0.25) is 11.8 Å². The Kier molecular flexibility index (Phi) is 6.53. The van der Waals surface area contributed by atoms with E-state index >= 15 is 0 Å². The summed E-state index contributed by atoms with van der Waals surface area (Å²) in [4.78, 5) is 62.3. The Morgan fingerprint density at radius 2 is 1.42 bits per heavy atom. The minimum atomic E-state index is -0.952. The fourth-order valence-corrected chi connectivity index (χ4v) is 4.07. The van der Waals surface area contributed by atoms with Crippen molar-refractivity contribution in [3.05, 3.63) is 42.2 Å². The molecule has 2 amide bonds. The van der Waals surface area contributed by atoms with Gasteiger partial charge in [-0.1, -0.05) is 18.2 Å². The maximum absolute atomic E-state index is 13.4. The van der Waals surface area contributed by atoms with Crippen LogP contribution in [0.25, 0.3) is 0 Å². The molecular weight excluding hydrogens is 406 g/mol. The van der Waals surface area contributed by atoms with E-state index in [9.17, 15) is 24.0 Å². The van der Waals surface area contributed by atoms with Crippen LogP contribution in [0.2, 0.25) is 0 Å². The molecule has 31 heavy (non-hydrogen) atoms. The maximum Gasteiger partial charge on any atom is 0.307 e. The van der Waals surface area contributed by atoms with Crippen molar-refractivity contribution >= 4 is 35.4 Å². The normalized spacial score (nSPS) is 24.9. The number of rotatable bonds is 6. The Labute approximate surface area is 178 Å². The SMILES string of the molecule is CC(=O)OC[C@H]1C=C(OC(C)=O)[C@@H](COC(C)=O)[C@H]2C(=O)N(c3ccccc3)C(=O)[C@H]21. The molecule has 1 saturated heterocycles. The first-order valence-corrected chi connectivity index (χ1v) is 9.80. The van der Waals surface area contributed by atoms with Crippen molar-refractivity contribution in [2.75, 3.05) is 18.1 Å². The van der Waals surface area contributed by atoms with Gasteiger partial charge < -0.3 is 14.2 Å². The summed E-state index contributed by atoms with van der Waals surface area (Å²) in [6.07, 6.45) is 1.51. The van der Waals surface area contributed by atoms with Gasteiger partial charge in [-0.05, 0) is 18.2 Å². The highest BCUT2D eigenvalue weighted by atomic mass is 16.6. The number of nitrogens with zero attached hydrogens (tertiary/aromatic N) is 1. The van der Waals surface area contributed by atoms with Gasteiger partial charge in [0, 0.05) is 26.7 Å². The van der Waals surface area contributed by atoms with Crippen LogP contribution in [0.1, 0.15) is 20.8 Å². The number of hydrogen-bond donors (Lipinski definition) is 0. The molecule has 3 rings (SSSR count). The Balaban J connectivity index is 2.05. The molecule has 1 fully saturated rings. The van der Waals surface area contributed by atoms with Gasteiger partial charge in [-0.2, -0.15) is 0 Å². The van der Waals surface area contributed by atoms with Gasteiger partial charge in [0.05, 0.1) is 30.0 Å². The summed E-state index contributed by atoms with van der Waals surface area (Å²) in [5.74, 6) is -5.93. The molecule has 9 nitrogen and oxygen atoms in total. The van der Waals surface area contributed by atoms with Crippen molar-refractivity contribution in [1.29, 1.82) is 0 Å². The zero-order chi connectivity index (χ0) is 22.7. The highest BCUT2D eigenvalue weighted by Crippen LogP contribution is 2.46. The molecular formula is C22H23NO8. The molecule has 9 heteroatoms. The van der Waals surface area contributed by atoms with Gasteiger partial charge in [-0.3, -0.25) is 28.9 Å². The number of benzene rings is 1. The van der Waals surface area contributed by atoms with Gasteiger partial charge in [0.25, 0.3) is 0 Å². The molecule has 1 heterocycles. The van der Waals surface area contributed by atoms with E-state index < -0.39 is 53.4 Å². The third-order valence-electron chi connectivity index (χ3n) is 5.26. The Morgan fingerprint density at radius 3 is 2.00 bits per heavy atom. The van der Waals surface area contributed by atoms with Gasteiger partial charge in [-0.15, -0.1) is 0 Å². The largest absolute Gasteiger partial charge is 0.465 e. The zero-order valence-electron chi connectivity index (χ0n) is 17.4. The highest BCUT2D eigenvalue weighted by molar-refractivity contribution is 6.22. The van der Waals surface area contributed by atoms with Crippen LogP contribution >= 0.6 is 0 Å². The highest BCUT2D eigenvalue weighted by Gasteiger charge is 2.57. The molecule has 164 valence electrons. The molecule has 1 aromatic rings. The maximum atomic E-state index is 13.4. The summed E-state index contributed by atoms with van der Waals surface area (Å²) in [7, 11) is 0. The van der Waals surface area contributed by atoms with Crippen LogP contribution in [0.15, 0.2) is 42.2 Å². The average molecular weight is 429 g/mol. The molecule has 1 aromatic carbocycles. The molecule has 0 radical (unpaired) electrons. The number of esters is 3. The Bertz CT molecular complexity index is 938. The Morgan fingerprint density at radius 1 is 0.839 bits per heavy atom. The summed E-state index contributed by atoms with van der Waals surface area (Å²) < 4.78 is 15.5. The quantitative estimate of drug-likeness (QED) is 0.380. The molecule has 0 saturated carbocycles. The average Bonchev–Trinajstić information content (AvgIpc) is 2.96. The fraction of sp³-hybridized carbons (Fsp3) is 0.409. The van der Waals surface area contributed by atoms with Crippen molar-refractivity contribution < 1.29 is 38.2 Å². The lowest BCUT2D eigenvalue weighted by Gasteiger charge is -2.34. The smallest absolute Gasteiger partial charge is 0.307 e. The molecule has 0 aromatic heterocycles. The minimum Gasteiger partial charge on any atom is -0.465 e. The van der Waals surface area contributed by atoms with Crippen molar-refractivity contribution in [2.45, 2.75) is 20.8 Å². The standard InChI is InChI=1S/C22H23NO8/c1-12(24)29-10-15-9-18(31-14(3)26)17(11-30-13(2)25)20-19(15)21(27)23(22(20)28)16-7-5-4-6-8-16/h4-9,15,17,19-20H,10-11H2,1-3H3/t15-,17-,19+,20-/m1/s1. The van der Waals surface area contributed by atoms with Crippen LogP contribution in [0, 0.1) is 23.7 Å². The second kappa shape index (κ2) is 9.11. The molecule has 0 N–H and O–H groups in total. The molecule has 2 aliphatic rings. The van der Waals surface area contributed by atoms with E-state index in [-0.39, 0.29) is 19.0 Å². The van der Waals surface area contributed by atoms with Crippen LogP contribution in [0.5, 0.6) is 0 Å². The van der Waals surface area contributed by atoms with Crippen LogP contribution in [-0.2, 0) is 38.2 Å². The molecule has 4 atom stereocenters. The van der Waals surface area contributed by atoms with Gasteiger partial charge >= 0.3 is 17.9 Å². The zero-order valence-corrected chi connectivity index (χ0v) is 17.4. The number of para-hydroxylation sites is 1. The predicted octanol–water partition coefficient (Wildman–Crippen LogP) is 1.61. The summed E-state index contributed by atoms with van der Waals surface area (Å²) in [5.41, 5.74) is 0.401. The third-order valence-corrected chi connectivity index (χ3v) is 5.26. The van der Waals surface area contributed by atoms with Gasteiger partial charge in [0.1, 0.15) is 12.4 Å². The number of fused-ring (bicyclic) bond motifs is 1. The Hall–Kier alpha value is -3.49. The second-order valence-electron chi connectivity index (χ2n) is 7.44. The van der Waals surface area contributed by atoms with E-state index in [0.29, 0.717) is 5.69 Å². The molecule has 0 unspecified atom stereocenters. The summed E-state index contributed by atoms with van der Waals surface area (Å²) >= 11 is 0. The summed E-state index contributed by atoms with van der Waals surface area (Å²) in [6.45, 7) is 3.25.